The number of esters is 1. The van der Waals surface area contributed by atoms with E-state index < -0.39 is 0 Å². The van der Waals surface area contributed by atoms with Crippen LogP contribution < -0.4 is 0 Å². The zero-order valence-corrected chi connectivity index (χ0v) is 10.4. The van der Waals surface area contributed by atoms with Crippen molar-refractivity contribution in [2.24, 2.45) is 17.3 Å². The van der Waals surface area contributed by atoms with Gasteiger partial charge in [0.2, 0.25) is 0 Å². The lowest BCUT2D eigenvalue weighted by Crippen LogP contribution is -2.49. The fourth-order valence-corrected chi connectivity index (χ4v) is 4.83. The van der Waals surface area contributed by atoms with Gasteiger partial charge in [-0.15, -0.1) is 11.8 Å². The monoisotopic (exact) mass is 226 g/mol. The molecule has 4 unspecified atom stereocenters. The largest absolute Gasteiger partial charge is 0.458 e. The zero-order chi connectivity index (χ0) is 10.8. The summed E-state index contributed by atoms with van der Waals surface area (Å²) in [4.78, 5) is 11.4. The second kappa shape index (κ2) is 2.73. The van der Waals surface area contributed by atoms with Crippen molar-refractivity contribution in [1.29, 1.82) is 0 Å². The predicted octanol–water partition coefficient (Wildman–Crippen LogP) is 2.47. The zero-order valence-electron chi connectivity index (χ0n) is 9.58. The molecule has 1 saturated heterocycles. The van der Waals surface area contributed by atoms with Crippen LogP contribution in [0.25, 0.3) is 0 Å². The molecule has 0 aromatic heterocycles. The normalized spacial score (nSPS) is 51.4. The second-order valence-corrected chi connectivity index (χ2v) is 7.25. The van der Waals surface area contributed by atoms with Gasteiger partial charge < -0.3 is 4.74 Å². The van der Waals surface area contributed by atoms with Crippen molar-refractivity contribution in [1.82, 2.24) is 0 Å². The van der Waals surface area contributed by atoms with Crippen LogP contribution in [0, 0.1) is 17.3 Å². The highest BCUT2D eigenvalue weighted by Crippen LogP contribution is 2.68. The van der Waals surface area contributed by atoms with Crippen molar-refractivity contribution in [2.75, 3.05) is 5.75 Å². The lowest BCUT2D eigenvalue weighted by molar-refractivity contribution is -0.158. The number of rotatable bonds is 0. The molecule has 0 bridgehead atoms. The minimum Gasteiger partial charge on any atom is -0.458 e. The number of hydrogen-bond acceptors (Lipinski definition) is 3. The number of fused-ring (bicyclic) bond motifs is 2. The summed E-state index contributed by atoms with van der Waals surface area (Å²) in [5, 5.41) is 0.540. The average molecular weight is 226 g/mol. The van der Waals surface area contributed by atoms with Crippen molar-refractivity contribution in [3.8, 4) is 0 Å². The number of carbonyl (C=O) groups excluding carboxylic acids is 1. The van der Waals surface area contributed by atoms with E-state index in [-0.39, 0.29) is 11.6 Å². The quantitative estimate of drug-likeness (QED) is 0.594. The lowest BCUT2D eigenvalue weighted by Gasteiger charge is -2.43. The third kappa shape index (κ3) is 1.28. The number of carbonyl (C=O) groups is 1. The third-order valence-electron chi connectivity index (χ3n) is 4.81. The van der Waals surface area contributed by atoms with Crippen molar-refractivity contribution >= 4 is 17.7 Å². The SMILES string of the molecule is CC12CC3C(CC1SCC(=O)O2)C3(C)C. The first-order valence-corrected chi connectivity index (χ1v) is 6.82. The Morgan fingerprint density at radius 3 is 2.80 bits per heavy atom. The first-order valence-electron chi connectivity index (χ1n) is 5.77. The standard InChI is InChI=1S/C12H18O2S/c1-11(2)7-4-9-12(3,5-8(7)11)14-10(13)6-15-9/h7-9H,4-6H2,1-3H3. The summed E-state index contributed by atoms with van der Waals surface area (Å²) in [5.41, 5.74) is 0.322. The second-order valence-electron chi connectivity index (χ2n) is 6.06. The topological polar surface area (TPSA) is 26.3 Å². The van der Waals surface area contributed by atoms with Crippen LogP contribution in [0.3, 0.4) is 0 Å². The molecule has 84 valence electrons. The summed E-state index contributed by atoms with van der Waals surface area (Å²) in [6.07, 6.45) is 2.32. The molecule has 3 fully saturated rings. The first kappa shape index (κ1) is 10.0. The van der Waals surface area contributed by atoms with E-state index in [1.807, 2.05) is 11.8 Å². The maximum atomic E-state index is 11.4. The molecular formula is C12H18O2S. The van der Waals surface area contributed by atoms with Crippen LogP contribution in [-0.2, 0) is 9.53 Å². The molecule has 1 aliphatic heterocycles. The molecular weight excluding hydrogens is 208 g/mol. The molecule has 2 nitrogen and oxygen atoms in total. The highest BCUT2D eigenvalue weighted by molar-refractivity contribution is 8.00. The summed E-state index contributed by atoms with van der Waals surface area (Å²) >= 11 is 1.81. The lowest BCUT2D eigenvalue weighted by atomic mass is 9.85. The Morgan fingerprint density at radius 1 is 1.33 bits per heavy atom. The van der Waals surface area contributed by atoms with Gasteiger partial charge in [0, 0.05) is 5.25 Å². The van der Waals surface area contributed by atoms with Crippen LogP contribution in [-0.4, -0.2) is 22.6 Å². The fraction of sp³-hybridized carbons (Fsp3) is 0.917. The molecule has 2 aliphatic carbocycles. The number of thioether (sulfide) groups is 1. The van der Waals surface area contributed by atoms with Gasteiger partial charge in [-0.3, -0.25) is 4.79 Å². The molecule has 3 heteroatoms. The highest BCUT2D eigenvalue weighted by atomic mass is 32.2. The number of ether oxygens (including phenoxy) is 1. The van der Waals surface area contributed by atoms with Crippen molar-refractivity contribution < 1.29 is 9.53 Å². The Morgan fingerprint density at radius 2 is 2.07 bits per heavy atom. The van der Waals surface area contributed by atoms with Crippen molar-refractivity contribution in [2.45, 2.75) is 44.5 Å². The predicted molar refractivity (Wildman–Crippen MR) is 60.7 cm³/mol. The Labute approximate surface area is 95.1 Å². The third-order valence-corrected chi connectivity index (χ3v) is 6.31. The van der Waals surface area contributed by atoms with Gasteiger partial charge in [0.25, 0.3) is 0 Å². The smallest absolute Gasteiger partial charge is 0.316 e. The van der Waals surface area contributed by atoms with Gasteiger partial charge in [0.15, 0.2) is 0 Å². The molecule has 3 aliphatic rings. The van der Waals surface area contributed by atoms with Crippen LogP contribution in [0.2, 0.25) is 0 Å². The maximum absolute atomic E-state index is 11.4. The van der Waals surface area contributed by atoms with E-state index in [0.717, 1.165) is 18.3 Å². The van der Waals surface area contributed by atoms with Gasteiger partial charge in [0.05, 0.1) is 5.75 Å². The van der Waals surface area contributed by atoms with Gasteiger partial charge in [-0.1, -0.05) is 13.8 Å². The minimum atomic E-state index is -0.172. The maximum Gasteiger partial charge on any atom is 0.316 e. The Balaban J connectivity index is 1.84. The van der Waals surface area contributed by atoms with Crippen molar-refractivity contribution in [3.05, 3.63) is 0 Å². The molecule has 1 heterocycles. The summed E-state index contributed by atoms with van der Waals surface area (Å²) in [5.74, 6) is 2.19. The molecule has 0 spiro atoms. The van der Waals surface area contributed by atoms with Crippen LogP contribution in [0.15, 0.2) is 0 Å². The van der Waals surface area contributed by atoms with Crippen LogP contribution in [0.1, 0.15) is 33.6 Å². The van der Waals surface area contributed by atoms with Gasteiger partial charge in [-0.2, -0.15) is 0 Å². The molecule has 4 atom stereocenters. The van der Waals surface area contributed by atoms with E-state index in [4.69, 9.17) is 4.74 Å². The molecule has 0 N–H and O–H groups in total. The summed E-state index contributed by atoms with van der Waals surface area (Å²) in [7, 11) is 0. The average Bonchev–Trinajstić information content (AvgIpc) is 2.63. The Kier molecular flexibility index (Phi) is 1.82. The van der Waals surface area contributed by atoms with Crippen LogP contribution in [0.5, 0.6) is 0 Å². The van der Waals surface area contributed by atoms with Gasteiger partial charge in [0.1, 0.15) is 5.60 Å². The van der Waals surface area contributed by atoms with Gasteiger partial charge >= 0.3 is 5.97 Å². The minimum absolute atomic E-state index is 0.0179. The fourth-order valence-electron chi connectivity index (χ4n) is 3.59. The number of hydrogen-bond donors (Lipinski definition) is 0. The van der Waals surface area contributed by atoms with E-state index in [2.05, 4.69) is 20.8 Å². The van der Waals surface area contributed by atoms with Gasteiger partial charge in [-0.25, -0.2) is 0 Å². The van der Waals surface area contributed by atoms with E-state index >= 15 is 0 Å². The summed E-state index contributed by atoms with van der Waals surface area (Å²) in [6.45, 7) is 6.84. The molecule has 0 aromatic rings. The highest BCUT2D eigenvalue weighted by Gasteiger charge is 2.65. The van der Waals surface area contributed by atoms with E-state index in [0.29, 0.717) is 16.4 Å². The molecule has 0 amide bonds. The Hall–Kier alpha value is -0.180. The molecule has 2 saturated carbocycles. The molecule has 3 rings (SSSR count). The first-order chi connectivity index (χ1) is 6.93. The van der Waals surface area contributed by atoms with E-state index in [1.54, 1.807) is 0 Å². The van der Waals surface area contributed by atoms with E-state index in [1.165, 1.54) is 6.42 Å². The van der Waals surface area contributed by atoms with Crippen LogP contribution in [0.4, 0.5) is 0 Å². The summed E-state index contributed by atoms with van der Waals surface area (Å²) in [6, 6.07) is 0. The van der Waals surface area contributed by atoms with E-state index in [9.17, 15) is 4.79 Å². The molecule has 15 heavy (non-hydrogen) atoms. The summed E-state index contributed by atoms with van der Waals surface area (Å²) < 4.78 is 5.61. The molecule has 0 aromatic carbocycles. The Bertz CT molecular complexity index is 326. The van der Waals surface area contributed by atoms with Gasteiger partial charge in [-0.05, 0) is 37.0 Å². The molecule has 0 radical (unpaired) electrons. The van der Waals surface area contributed by atoms with Crippen molar-refractivity contribution in [3.63, 3.8) is 0 Å². The van der Waals surface area contributed by atoms with Crippen LogP contribution >= 0.6 is 11.8 Å².